The van der Waals surface area contributed by atoms with Gasteiger partial charge < -0.3 is 10.1 Å². The number of carbonyl (C=O) groups excluding carboxylic acids is 1. The summed E-state index contributed by atoms with van der Waals surface area (Å²) in [6.45, 7) is 0. The second-order valence-corrected chi connectivity index (χ2v) is 5.10. The quantitative estimate of drug-likeness (QED) is 0.839. The van der Waals surface area contributed by atoms with Crippen molar-refractivity contribution in [3.05, 3.63) is 58.9 Å². The van der Waals surface area contributed by atoms with Crippen molar-refractivity contribution in [2.45, 2.75) is 0 Å². The van der Waals surface area contributed by atoms with Crippen LogP contribution in [-0.2, 0) is 0 Å². The van der Waals surface area contributed by atoms with Gasteiger partial charge in [-0.25, -0.2) is 4.39 Å². The molecular weight excluding hydrogens is 327 g/mol. The van der Waals surface area contributed by atoms with Crippen molar-refractivity contribution in [3.63, 3.8) is 0 Å². The van der Waals surface area contributed by atoms with E-state index in [4.69, 9.17) is 28.6 Å². The van der Waals surface area contributed by atoms with E-state index in [1.54, 1.807) is 12.1 Å². The molecule has 2 N–H and O–H groups in total. The zero-order valence-electron chi connectivity index (χ0n) is 11.5. The highest BCUT2D eigenvalue weighted by Crippen LogP contribution is 2.22. The minimum absolute atomic E-state index is 0.0821. The fourth-order valence-corrected chi connectivity index (χ4v) is 2.11. The third kappa shape index (κ3) is 4.16. The van der Waals surface area contributed by atoms with Gasteiger partial charge in [-0.15, -0.1) is 0 Å². The first-order valence-electron chi connectivity index (χ1n) is 6.21. The normalized spacial score (nSPS) is 9.95. The lowest BCUT2D eigenvalue weighted by Gasteiger charge is -2.12. The number of nitrogens with one attached hydrogen (secondary N) is 2. The Hall–Kier alpha value is -2.18. The summed E-state index contributed by atoms with van der Waals surface area (Å²) in [5.41, 5.74) is 0.822. The zero-order chi connectivity index (χ0) is 16.1. The Kier molecular flexibility index (Phi) is 5.30. The van der Waals surface area contributed by atoms with Crippen LogP contribution in [0.5, 0.6) is 5.75 Å². The van der Waals surface area contributed by atoms with Crippen LogP contribution in [0.1, 0.15) is 10.4 Å². The summed E-state index contributed by atoms with van der Waals surface area (Å²) in [5.74, 6) is -0.436. The Labute approximate surface area is 137 Å². The number of benzene rings is 2. The average molecular weight is 339 g/mol. The van der Waals surface area contributed by atoms with Crippen molar-refractivity contribution >= 4 is 40.5 Å². The molecule has 0 atom stereocenters. The van der Waals surface area contributed by atoms with Crippen LogP contribution in [0.2, 0.25) is 5.02 Å². The molecule has 0 aliphatic heterocycles. The molecular formula is C15H12ClFN2O2S. The molecule has 2 aromatic carbocycles. The van der Waals surface area contributed by atoms with Crippen LogP contribution >= 0.6 is 23.8 Å². The molecule has 4 nitrogen and oxygen atoms in total. The molecule has 0 radical (unpaired) electrons. The van der Waals surface area contributed by atoms with Gasteiger partial charge in [0.2, 0.25) is 0 Å². The molecule has 22 heavy (non-hydrogen) atoms. The Morgan fingerprint density at radius 1 is 1.23 bits per heavy atom. The van der Waals surface area contributed by atoms with E-state index in [0.29, 0.717) is 16.5 Å². The first-order chi connectivity index (χ1) is 10.5. The molecule has 0 aromatic heterocycles. The molecule has 0 aliphatic rings. The molecule has 2 aromatic rings. The van der Waals surface area contributed by atoms with E-state index >= 15 is 0 Å². The SMILES string of the molecule is COc1ccc(Cl)cc1C(=O)NC(=S)Nc1ccc(F)cc1. The van der Waals surface area contributed by atoms with Crippen molar-refractivity contribution < 1.29 is 13.9 Å². The maximum Gasteiger partial charge on any atom is 0.261 e. The number of methoxy groups -OCH3 is 1. The number of hydrogen-bond donors (Lipinski definition) is 2. The molecule has 0 saturated carbocycles. The summed E-state index contributed by atoms with van der Waals surface area (Å²) in [7, 11) is 1.45. The standard InChI is InChI=1S/C15H12ClFN2O2S/c1-21-13-7-2-9(16)8-12(13)14(20)19-15(22)18-11-5-3-10(17)4-6-11/h2-8H,1H3,(H2,18,19,20,22). The van der Waals surface area contributed by atoms with E-state index in [2.05, 4.69) is 10.6 Å². The van der Waals surface area contributed by atoms with E-state index in [-0.39, 0.29) is 16.5 Å². The number of carbonyl (C=O) groups is 1. The summed E-state index contributed by atoms with van der Waals surface area (Å²) >= 11 is 10.9. The molecule has 0 spiro atoms. The van der Waals surface area contributed by atoms with Gasteiger partial charge in [0.05, 0.1) is 12.7 Å². The third-order valence-electron chi connectivity index (χ3n) is 2.74. The van der Waals surface area contributed by atoms with Crippen LogP contribution in [0.15, 0.2) is 42.5 Å². The Balaban J connectivity index is 2.06. The predicted molar refractivity (Wildman–Crippen MR) is 88.1 cm³/mol. The first-order valence-corrected chi connectivity index (χ1v) is 6.99. The van der Waals surface area contributed by atoms with Gasteiger partial charge in [0.25, 0.3) is 5.91 Å². The van der Waals surface area contributed by atoms with E-state index < -0.39 is 5.91 Å². The van der Waals surface area contributed by atoms with E-state index in [1.165, 1.54) is 37.4 Å². The van der Waals surface area contributed by atoms with Crippen LogP contribution in [0, 0.1) is 5.82 Å². The van der Waals surface area contributed by atoms with Crippen LogP contribution in [0.4, 0.5) is 10.1 Å². The number of halogens is 2. The summed E-state index contributed by atoms with van der Waals surface area (Å²) in [5, 5.41) is 5.78. The predicted octanol–water partition coefficient (Wildman–Crippen LogP) is 3.61. The Bertz CT molecular complexity index is 707. The van der Waals surface area contributed by atoms with E-state index in [0.717, 1.165) is 0 Å². The number of amides is 1. The van der Waals surface area contributed by atoms with Gasteiger partial charge in [-0.05, 0) is 54.7 Å². The fourth-order valence-electron chi connectivity index (χ4n) is 1.72. The Morgan fingerprint density at radius 3 is 2.55 bits per heavy atom. The lowest BCUT2D eigenvalue weighted by atomic mass is 10.2. The summed E-state index contributed by atoms with van der Waals surface area (Å²) in [6.07, 6.45) is 0. The molecule has 0 heterocycles. The topological polar surface area (TPSA) is 50.4 Å². The molecule has 0 fully saturated rings. The summed E-state index contributed by atoms with van der Waals surface area (Å²) in [6, 6.07) is 10.3. The lowest BCUT2D eigenvalue weighted by Crippen LogP contribution is -2.34. The molecule has 0 unspecified atom stereocenters. The number of ether oxygens (including phenoxy) is 1. The largest absolute Gasteiger partial charge is 0.496 e. The van der Waals surface area contributed by atoms with E-state index in [1.807, 2.05) is 0 Å². The molecule has 7 heteroatoms. The van der Waals surface area contributed by atoms with Crippen molar-refractivity contribution in [3.8, 4) is 5.75 Å². The summed E-state index contributed by atoms with van der Waals surface area (Å²) in [4.78, 5) is 12.2. The van der Waals surface area contributed by atoms with Gasteiger partial charge in [-0.1, -0.05) is 11.6 Å². The molecule has 0 saturated heterocycles. The van der Waals surface area contributed by atoms with Crippen molar-refractivity contribution in [2.75, 3.05) is 12.4 Å². The maximum atomic E-state index is 12.8. The second kappa shape index (κ2) is 7.20. The van der Waals surface area contributed by atoms with Crippen molar-refractivity contribution in [2.24, 2.45) is 0 Å². The minimum atomic E-state index is -0.459. The molecule has 0 aliphatic carbocycles. The number of hydrogen-bond acceptors (Lipinski definition) is 3. The van der Waals surface area contributed by atoms with Crippen LogP contribution in [0.25, 0.3) is 0 Å². The third-order valence-corrected chi connectivity index (χ3v) is 3.17. The summed E-state index contributed by atoms with van der Waals surface area (Å²) < 4.78 is 17.9. The molecule has 0 bridgehead atoms. The van der Waals surface area contributed by atoms with Crippen LogP contribution in [-0.4, -0.2) is 18.1 Å². The minimum Gasteiger partial charge on any atom is -0.496 e. The number of thiocarbonyl (C=S) groups is 1. The number of anilines is 1. The van der Waals surface area contributed by atoms with Gasteiger partial charge in [0.1, 0.15) is 11.6 Å². The van der Waals surface area contributed by atoms with Crippen LogP contribution in [0.3, 0.4) is 0 Å². The van der Waals surface area contributed by atoms with Gasteiger partial charge in [-0.3, -0.25) is 10.1 Å². The maximum absolute atomic E-state index is 12.8. The molecule has 1 amide bonds. The second-order valence-electron chi connectivity index (χ2n) is 4.26. The Morgan fingerprint density at radius 2 is 1.91 bits per heavy atom. The van der Waals surface area contributed by atoms with Crippen molar-refractivity contribution in [1.29, 1.82) is 0 Å². The first kappa shape index (κ1) is 16.2. The highest BCUT2D eigenvalue weighted by atomic mass is 35.5. The van der Waals surface area contributed by atoms with Gasteiger partial charge in [0, 0.05) is 10.7 Å². The van der Waals surface area contributed by atoms with Gasteiger partial charge in [-0.2, -0.15) is 0 Å². The van der Waals surface area contributed by atoms with Crippen molar-refractivity contribution in [1.82, 2.24) is 5.32 Å². The average Bonchev–Trinajstić information content (AvgIpc) is 2.49. The fraction of sp³-hybridized carbons (Fsp3) is 0.0667. The highest BCUT2D eigenvalue weighted by molar-refractivity contribution is 7.80. The van der Waals surface area contributed by atoms with Gasteiger partial charge in [0.15, 0.2) is 5.11 Å². The molecule has 114 valence electrons. The number of rotatable bonds is 3. The molecule has 2 rings (SSSR count). The zero-order valence-corrected chi connectivity index (χ0v) is 13.1. The highest BCUT2D eigenvalue weighted by Gasteiger charge is 2.14. The monoisotopic (exact) mass is 338 g/mol. The lowest BCUT2D eigenvalue weighted by molar-refractivity contribution is 0.0975. The van der Waals surface area contributed by atoms with Gasteiger partial charge >= 0.3 is 0 Å². The van der Waals surface area contributed by atoms with E-state index in [9.17, 15) is 9.18 Å². The smallest absolute Gasteiger partial charge is 0.261 e. The van der Waals surface area contributed by atoms with Crippen LogP contribution < -0.4 is 15.4 Å².